The van der Waals surface area contributed by atoms with E-state index < -0.39 is 0 Å². The molecule has 0 unspecified atom stereocenters. The van der Waals surface area contributed by atoms with Gasteiger partial charge in [-0.1, -0.05) is 11.6 Å². The minimum atomic E-state index is -0.0263. The van der Waals surface area contributed by atoms with E-state index in [1.54, 1.807) is 27.4 Å². The molecule has 0 saturated carbocycles. The summed E-state index contributed by atoms with van der Waals surface area (Å²) < 4.78 is 16.3. The number of likely N-dealkylation sites (tertiary alicyclic amines) is 1. The third-order valence-corrected chi connectivity index (χ3v) is 5.12. The predicted octanol–water partition coefficient (Wildman–Crippen LogP) is 4.40. The van der Waals surface area contributed by atoms with Crippen molar-refractivity contribution in [3.05, 3.63) is 59.2 Å². The number of aryl methyl sites for hydroxylation is 1. The number of ether oxygens (including phenoxy) is 3. The number of benzene rings is 2. The molecule has 1 saturated heterocycles. The minimum Gasteiger partial charge on any atom is -0.497 e. The average Bonchev–Trinajstić information content (AvgIpc) is 3.21. The molecule has 1 fully saturated rings. The van der Waals surface area contributed by atoms with Crippen LogP contribution in [0.3, 0.4) is 0 Å². The molecule has 0 N–H and O–H groups in total. The first-order valence-electron chi connectivity index (χ1n) is 9.42. The number of carbonyl (C=O) groups excluding carboxylic acids is 1. The highest BCUT2D eigenvalue weighted by atomic mass is 16.5. The highest BCUT2D eigenvalue weighted by Crippen LogP contribution is 2.39. The molecule has 3 rings (SSSR count). The maximum absolute atomic E-state index is 13.0. The fourth-order valence-corrected chi connectivity index (χ4v) is 3.69. The molecule has 1 aliphatic heterocycles. The second-order valence-corrected chi connectivity index (χ2v) is 6.88. The highest BCUT2D eigenvalue weighted by molar-refractivity contribution is 5.92. The zero-order chi connectivity index (χ0) is 20.1. The van der Waals surface area contributed by atoms with Crippen molar-refractivity contribution in [2.24, 2.45) is 0 Å². The van der Waals surface area contributed by atoms with Gasteiger partial charge in [-0.15, -0.1) is 0 Å². The number of carbonyl (C=O) groups is 1. The number of nitrogens with zero attached hydrogens (tertiary/aromatic N) is 1. The van der Waals surface area contributed by atoms with Crippen LogP contribution in [0, 0.1) is 6.92 Å². The Bertz CT molecular complexity index is 875. The molecule has 0 aromatic heterocycles. The van der Waals surface area contributed by atoms with Crippen molar-refractivity contribution in [2.75, 3.05) is 27.9 Å². The van der Waals surface area contributed by atoms with E-state index in [0.717, 1.165) is 53.3 Å². The third kappa shape index (κ3) is 4.14. The molecular weight excluding hydrogens is 354 g/mol. The van der Waals surface area contributed by atoms with Crippen LogP contribution < -0.4 is 14.2 Å². The Morgan fingerprint density at radius 3 is 2.50 bits per heavy atom. The van der Waals surface area contributed by atoms with Gasteiger partial charge in [0.15, 0.2) is 0 Å². The van der Waals surface area contributed by atoms with Crippen molar-refractivity contribution in [3.63, 3.8) is 0 Å². The predicted molar refractivity (Wildman–Crippen MR) is 110 cm³/mol. The van der Waals surface area contributed by atoms with Crippen LogP contribution in [0.25, 0.3) is 6.08 Å². The van der Waals surface area contributed by atoms with Gasteiger partial charge in [0.25, 0.3) is 0 Å². The second kappa shape index (κ2) is 8.83. The van der Waals surface area contributed by atoms with Crippen molar-refractivity contribution in [1.82, 2.24) is 4.90 Å². The van der Waals surface area contributed by atoms with Crippen molar-refractivity contribution < 1.29 is 19.0 Å². The third-order valence-electron chi connectivity index (χ3n) is 5.12. The SMILES string of the molecule is COc1ccc(OC)c([C@@H]2CCCN2C(=O)/C=C/c2cc(C)ccc2OC)c1. The molecule has 28 heavy (non-hydrogen) atoms. The van der Waals surface area contributed by atoms with Gasteiger partial charge in [-0.25, -0.2) is 0 Å². The van der Waals surface area contributed by atoms with Crippen LogP contribution in [0.2, 0.25) is 0 Å². The molecule has 0 spiro atoms. The van der Waals surface area contributed by atoms with Crippen LogP contribution in [0.15, 0.2) is 42.5 Å². The molecular formula is C23H27NO4. The van der Waals surface area contributed by atoms with Gasteiger partial charge in [-0.05, 0) is 56.2 Å². The highest BCUT2D eigenvalue weighted by Gasteiger charge is 2.31. The molecule has 1 aliphatic rings. The van der Waals surface area contributed by atoms with E-state index in [2.05, 4.69) is 0 Å². The van der Waals surface area contributed by atoms with E-state index >= 15 is 0 Å². The van der Waals surface area contributed by atoms with E-state index in [9.17, 15) is 4.79 Å². The molecule has 1 amide bonds. The van der Waals surface area contributed by atoms with Crippen molar-refractivity contribution in [2.45, 2.75) is 25.8 Å². The summed E-state index contributed by atoms with van der Waals surface area (Å²) in [5.41, 5.74) is 2.99. The monoisotopic (exact) mass is 381 g/mol. The quantitative estimate of drug-likeness (QED) is 0.696. The van der Waals surface area contributed by atoms with Crippen molar-refractivity contribution >= 4 is 12.0 Å². The van der Waals surface area contributed by atoms with E-state index in [-0.39, 0.29) is 11.9 Å². The number of rotatable bonds is 6. The van der Waals surface area contributed by atoms with Crippen LogP contribution in [-0.2, 0) is 4.79 Å². The number of amides is 1. The molecule has 2 aromatic rings. The van der Waals surface area contributed by atoms with Gasteiger partial charge < -0.3 is 19.1 Å². The lowest BCUT2D eigenvalue weighted by Crippen LogP contribution is -2.29. The average molecular weight is 381 g/mol. The maximum Gasteiger partial charge on any atom is 0.247 e. The number of methoxy groups -OCH3 is 3. The molecule has 1 atom stereocenters. The van der Waals surface area contributed by atoms with Gasteiger partial charge in [0.1, 0.15) is 17.2 Å². The Morgan fingerprint density at radius 2 is 1.79 bits per heavy atom. The Balaban J connectivity index is 1.85. The van der Waals surface area contributed by atoms with Crippen LogP contribution in [0.4, 0.5) is 0 Å². The summed E-state index contributed by atoms with van der Waals surface area (Å²) in [6, 6.07) is 11.6. The molecule has 0 bridgehead atoms. The molecule has 0 radical (unpaired) electrons. The maximum atomic E-state index is 13.0. The van der Waals surface area contributed by atoms with Gasteiger partial charge in [0, 0.05) is 23.7 Å². The van der Waals surface area contributed by atoms with E-state index in [4.69, 9.17) is 14.2 Å². The smallest absolute Gasteiger partial charge is 0.247 e. The normalized spacial score (nSPS) is 16.4. The van der Waals surface area contributed by atoms with Gasteiger partial charge in [-0.3, -0.25) is 4.79 Å². The van der Waals surface area contributed by atoms with E-state index in [1.165, 1.54) is 0 Å². The summed E-state index contributed by atoms with van der Waals surface area (Å²) in [5, 5.41) is 0. The lowest BCUT2D eigenvalue weighted by atomic mass is 10.0. The molecule has 0 aliphatic carbocycles. The summed E-state index contributed by atoms with van der Waals surface area (Å²) in [6.45, 7) is 2.74. The van der Waals surface area contributed by atoms with Crippen LogP contribution >= 0.6 is 0 Å². The zero-order valence-electron chi connectivity index (χ0n) is 16.9. The molecule has 148 valence electrons. The second-order valence-electron chi connectivity index (χ2n) is 6.88. The largest absolute Gasteiger partial charge is 0.497 e. The van der Waals surface area contributed by atoms with E-state index in [1.807, 2.05) is 54.3 Å². The molecule has 1 heterocycles. The Morgan fingerprint density at radius 1 is 1.04 bits per heavy atom. The van der Waals surface area contributed by atoms with Gasteiger partial charge >= 0.3 is 0 Å². The number of hydrogen-bond donors (Lipinski definition) is 0. The van der Waals surface area contributed by atoms with Gasteiger partial charge in [0.2, 0.25) is 5.91 Å². The van der Waals surface area contributed by atoms with Crippen LogP contribution in [-0.4, -0.2) is 38.7 Å². The standard InChI is InChI=1S/C23H27NO4/c1-16-7-10-21(27-3)17(14-16)8-12-23(25)24-13-5-6-20(24)19-15-18(26-2)9-11-22(19)28-4/h7-12,14-15,20H,5-6,13H2,1-4H3/b12-8+/t20-/m0/s1. The topological polar surface area (TPSA) is 48.0 Å². The molecule has 5 heteroatoms. The first kappa shape index (κ1) is 19.8. The number of hydrogen-bond acceptors (Lipinski definition) is 4. The Labute approximate surface area is 166 Å². The fourth-order valence-electron chi connectivity index (χ4n) is 3.69. The summed E-state index contributed by atoms with van der Waals surface area (Å²) in [5.74, 6) is 2.27. The molecule has 2 aromatic carbocycles. The lowest BCUT2D eigenvalue weighted by molar-refractivity contribution is -0.126. The first-order chi connectivity index (χ1) is 13.6. The zero-order valence-corrected chi connectivity index (χ0v) is 16.9. The van der Waals surface area contributed by atoms with Gasteiger partial charge in [0.05, 0.1) is 27.4 Å². The minimum absolute atomic E-state index is 0.0177. The summed E-state index contributed by atoms with van der Waals surface area (Å²) in [6.07, 6.45) is 5.31. The van der Waals surface area contributed by atoms with Crippen LogP contribution in [0.1, 0.15) is 35.6 Å². The van der Waals surface area contributed by atoms with Crippen LogP contribution in [0.5, 0.6) is 17.2 Å². The Kier molecular flexibility index (Phi) is 6.24. The first-order valence-corrected chi connectivity index (χ1v) is 9.42. The van der Waals surface area contributed by atoms with Crippen molar-refractivity contribution in [3.8, 4) is 17.2 Å². The van der Waals surface area contributed by atoms with E-state index in [0.29, 0.717) is 0 Å². The fraction of sp³-hybridized carbons (Fsp3) is 0.348. The summed E-state index contributed by atoms with van der Waals surface area (Å²) >= 11 is 0. The van der Waals surface area contributed by atoms with Gasteiger partial charge in [-0.2, -0.15) is 0 Å². The summed E-state index contributed by atoms with van der Waals surface area (Å²) in [7, 11) is 4.92. The van der Waals surface area contributed by atoms with Crippen molar-refractivity contribution in [1.29, 1.82) is 0 Å². The summed E-state index contributed by atoms with van der Waals surface area (Å²) in [4.78, 5) is 14.9. The molecule has 5 nitrogen and oxygen atoms in total. The Hall–Kier alpha value is -2.95. The lowest BCUT2D eigenvalue weighted by Gasteiger charge is -2.25.